The van der Waals surface area contributed by atoms with Gasteiger partial charge in [-0.05, 0) is 32.4 Å². The van der Waals surface area contributed by atoms with Gasteiger partial charge in [-0.1, -0.05) is 29.8 Å². The summed E-state index contributed by atoms with van der Waals surface area (Å²) < 4.78 is 3.82. The minimum absolute atomic E-state index is 0.0301. The van der Waals surface area contributed by atoms with Gasteiger partial charge in [-0.3, -0.25) is 14.2 Å². The van der Waals surface area contributed by atoms with E-state index in [0.29, 0.717) is 24.5 Å². The van der Waals surface area contributed by atoms with E-state index in [0.717, 1.165) is 22.3 Å². The second-order valence-electron chi connectivity index (χ2n) is 6.34. The van der Waals surface area contributed by atoms with Gasteiger partial charge in [0.25, 0.3) is 0 Å². The number of carbonyl (C=O) groups excluding carboxylic acids is 1. The Morgan fingerprint density at radius 1 is 1.32 bits per heavy atom. The second kappa shape index (κ2) is 7.27. The van der Waals surface area contributed by atoms with Crippen LogP contribution < -0.4 is 5.32 Å². The summed E-state index contributed by atoms with van der Waals surface area (Å²) in [5, 5.41) is 12.5. The van der Waals surface area contributed by atoms with Crippen molar-refractivity contribution in [1.82, 2.24) is 24.9 Å². The Hall–Kier alpha value is -2.34. The van der Waals surface area contributed by atoms with Crippen LogP contribution >= 0.6 is 11.6 Å². The van der Waals surface area contributed by atoms with Crippen molar-refractivity contribution in [3.63, 3.8) is 0 Å². The van der Waals surface area contributed by atoms with Crippen LogP contribution in [-0.2, 0) is 17.9 Å². The third kappa shape index (κ3) is 3.69. The molecule has 0 atom stereocenters. The van der Waals surface area contributed by atoms with E-state index < -0.39 is 0 Å². The van der Waals surface area contributed by atoms with Crippen LogP contribution in [0.5, 0.6) is 0 Å². The van der Waals surface area contributed by atoms with Gasteiger partial charge in [0.15, 0.2) is 0 Å². The Labute approximate surface area is 151 Å². The molecule has 1 amide bonds. The Morgan fingerprint density at radius 3 is 2.80 bits per heavy atom. The molecule has 6 nitrogen and oxygen atoms in total. The fourth-order valence-electron chi connectivity index (χ4n) is 2.87. The largest absolute Gasteiger partial charge is 0.352 e. The summed E-state index contributed by atoms with van der Waals surface area (Å²) in [4.78, 5) is 12.1. The lowest BCUT2D eigenvalue weighted by atomic mass is 10.2. The highest BCUT2D eigenvalue weighted by Gasteiger charge is 2.15. The number of aryl methyl sites for hydroxylation is 2. The zero-order chi connectivity index (χ0) is 18.0. The molecule has 0 radical (unpaired) electrons. The summed E-state index contributed by atoms with van der Waals surface area (Å²) in [5.41, 5.74) is 3.84. The van der Waals surface area contributed by atoms with Gasteiger partial charge in [0.1, 0.15) is 11.0 Å². The van der Waals surface area contributed by atoms with Crippen LogP contribution in [0.3, 0.4) is 0 Å². The molecule has 2 aromatic heterocycles. The summed E-state index contributed by atoms with van der Waals surface area (Å²) in [6.07, 6.45) is 2.17. The Balaban J connectivity index is 1.63. The molecule has 0 aliphatic carbocycles. The van der Waals surface area contributed by atoms with E-state index in [2.05, 4.69) is 29.4 Å². The molecule has 3 aromatic rings. The number of nitrogens with zero attached hydrogens (tertiary/aromatic N) is 4. The first-order valence-electron chi connectivity index (χ1n) is 8.38. The molecule has 3 rings (SSSR count). The molecule has 0 saturated carbocycles. The summed E-state index contributed by atoms with van der Waals surface area (Å²) in [6, 6.07) is 7.77. The standard InChI is InChI=1S/C18H22ClN5O/c1-12(2)24-16-11-21-23(18(16)13(3)22-24)9-8-17(25)20-10-14-6-4-5-7-15(14)19/h4-7,11-12H,8-10H2,1-3H3,(H,20,25). The minimum atomic E-state index is -0.0301. The van der Waals surface area contributed by atoms with Crippen LogP contribution in [0, 0.1) is 6.92 Å². The SMILES string of the molecule is Cc1nn(C(C)C)c2cnn(CCC(=O)NCc3ccccc3Cl)c12. The van der Waals surface area contributed by atoms with E-state index in [1.165, 1.54) is 0 Å². The van der Waals surface area contributed by atoms with Crippen molar-refractivity contribution in [2.45, 2.75) is 46.3 Å². The number of hydrogen-bond acceptors (Lipinski definition) is 3. The molecule has 2 heterocycles. The van der Waals surface area contributed by atoms with Crippen LogP contribution in [0.25, 0.3) is 11.0 Å². The molecule has 1 aromatic carbocycles. The van der Waals surface area contributed by atoms with Crippen LogP contribution in [0.15, 0.2) is 30.5 Å². The van der Waals surface area contributed by atoms with E-state index in [9.17, 15) is 4.79 Å². The summed E-state index contributed by atoms with van der Waals surface area (Å²) >= 11 is 6.10. The van der Waals surface area contributed by atoms with Crippen molar-refractivity contribution in [3.05, 3.63) is 46.7 Å². The van der Waals surface area contributed by atoms with Crippen molar-refractivity contribution in [3.8, 4) is 0 Å². The minimum Gasteiger partial charge on any atom is -0.352 e. The number of rotatable bonds is 6. The highest BCUT2D eigenvalue weighted by Crippen LogP contribution is 2.21. The molecular weight excluding hydrogens is 338 g/mol. The van der Waals surface area contributed by atoms with Crippen LogP contribution in [0.2, 0.25) is 5.02 Å². The van der Waals surface area contributed by atoms with E-state index >= 15 is 0 Å². The predicted molar refractivity (Wildman–Crippen MR) is 98.6 cm³/mol. The highest BCUT2D eigenvalue weighted by atomic mass is 35.5. The number of halogens is 1. The van der Waals surface area contributed by atoms with Gasteiger partial charge >= 0.3 is 0 Å². The maximum absolute atomic E-state index is 12.1. The van der Waals surface area contributed by atoms with E-state index in [4.69, 9.17) is 11.6 Å². The predicted octanol–water partition coefficient (Wildman–Crippen LogP) is 3.48. The fourth-order valence-corrected chi connectivity index (χ4v) is 3.08. The smallest absolute Gasteiger partial charge is 0.222 e. The van der Waals surface area contributed by atoms with Gasteiger partial charge in [0.2, 0.25) is 5.91 Å². The van der Waals surface area contributed by atoms with Crippen molar-refractivity contribution >= 4 is 28.5 Å². The summed E-state index contributed by atoms with van der Waals surface area (Å²) in [6.45, 7) is 7.09. The first-order chi connectivity index (χ1) is 12.0. The van der Waals surface area contributed by atoms with Gasteiger partial charge in [0, 0.05) is 24.0 Å². The van der Waals surface area contributed by atoms with Gasteiger partial charge in [-0.25, -0.2) is 0 Å². The number of nitrogens with one attached hydrogen (secondary N) is 1. The zero-order valence-electron chi connectivity index (χ0n) is 14.7. The lowest BCUT2D eigenvalue weighted by molar-refractivity contribution is -0.121. The molecule has 1 N–H and O–H groups in total. The first kappa shape index (κ1) is 17.5. The molecule has 0 unspecified atom stereocenters. The van der Waals surface area contributed by atoms with Crippen molar-refractivity contribution < 1.29 is 4.79 Å². The van der Waals surface area contributed by atoms with Crippen LogP contribution in [0.4, 0.5) is 0 Å². The third-order valence-electron chi connectivity index (χ3n) is 4.14. The normalized spacial score (nSPS) is 11.4. The monoisotopic (exact) mass is 359 g/mol. The van der Waals surface area contributed by atoms with Gasteiger partial charge in [0.05, 0.1) is 18.4 Å². The maximum atomic E-state index is 12.1. The molecule has 0 aliphatic rings. The molecule has 0 bridgehead atoms. The Kier molecular flexibility index (Phi) is 5.08. The lowest BCUT2D eigenvalue weighted by Crippen LogP contribution is -2.24. The molecule has 7 heteroatoms. The molecule has 132 valence electrons. The third-order valence-corrected chi connectivity index (χ3v) is 4.51. The van der Waals surface area contributed by atoms with Gasteiger partial charge < -0.3 is 5.32 Å². The molecule has 25 heavy (non-hydrogen) atoms. The summed E-state index contributed by atoms with van der Waals surface area (Å²) in [5.74, 6) is -0.0301. The number of benzene rings is 1. The van der Waals surface area contributed by atoms with E-state index in [-0.39, 0.29) is 11.9 Å². The number of aromatic nitrogens is 4. The van der Waals surface area contributed by atoms with E-state index in [1.807, 2.05) is 46.7 Å². The Bertz CT molecular complexity index is 896. The molecular formula is C18H22ClN5O. The van der Waals surface area contributed by atoms with Crippen molar-refractivity contribution in [2.75, 3.05) is 0 Å². The lowest BCUT2D eigenvalue weighted by Gasteiger charge is -2.07. The number of hydrogen-bond donors (Lipinski definition) is 1. The zero-order valence-corrected chi connectivity index (χ0v) is 15.4. The molecule has 0 fully saturated rings. The van der Waals surface area contributed by atoms with Crippen LogP contribution in [0.1, 0.15) is 37.6 Å². The first-order valence-corrected chi connectivity index (χ1v) is 8.76. The highest BCUT2D eigenvalue weighted by molar-refractivity contribution is 6.31. The molecule has 0 spiro atoms. The average Bonchev–Trinajstić information content (AvgIpc) is 3.13. The average molecular weight is 360 g/mol. The molecule has 0 saturated heterocycles. The molecule has 0 aliphatic heterocycles. The number of amides is 1. The fraction of sp³-hybridized carbons (Fsp3) is 0.389. The topological polar surface area (TPSA) is 64.7 Å². The number of carbonyl (C=O) groups is 1. The maximum Gasteiger partial charge on any atom is 0.222 e. The summed E-state index contributed by atoms with van der Waals surface area (Å²) in [7, 11) is 0. The quantitative estimate of drug-likeness (QED) is 0.732. The van der Waals surface area contributed by atoms with Crippen molar-refractivity contribution in [1.29, 1.82) is 0 Å². The van der Waals surface area contributed by atoms with Gasteiger partial charge in [-0.2, -0.15) is 10.2 Å². The van der Waals surface area contributed by atoms with E-state index in [1.54, 1.807) is 0 Å². The van der Waals surface area contributed by atoms with Crippen molar-refractivity contribution in [2.24, 2.45) is 0 Å². The van der Waals surface area contributed by atoms with Crippen LogP contribution in [-0.4, -0.2) is 25.5 Å². The Morgan fingerprint density at radius 2 is 2.08 bits per heavy atom. The van der Waals surface area contributed by atoms with Gasteiger partial charge in [-0.15, -0.1) is 0 Å². The second-order valence-corrected chi connectivity index (χ2v) is 6.75. The number of fused-ring (bicyclic) bond motifs is 1.